The number of ether oxygens (including phenoxy) is 1. The maximum atomic E-state index is 11.8. The zero-order valence-corrected chi connectivity index (χ0v) is 10.6. The van der Waals surface area contributed by atoms with E-state index >= 15 is 0 Å². The van der Waals surface area contributed by atoms with E-state index in [0.29, 0.717) is 22.5 Å². The van der Waals surface area contributed by atoms with Gasteiger partial charge in [0.15, 0.2) is 5.69 Å². The van der Waals surface area contributed by atoms with Crippen molar-refractivity contribution in [3.8, 4) is 0 Å². The number of esters is 1. The molecule has 0 aliphatic heterocycles. The number of nitrogens with one attached hydrogen (secondary N) is 1. The van der Waals surface area contributed by atoms with Crippen molar-refractivity contribution < 1.29 is 14.3 Å². The number of carbonyl (C=O) groups excluding carboxylic acids is 2. The summed E-state index contributed by atoms with van der Waals surface area (Å²) >= 11 is 5.92. The van der Waals surface area contributed by atoms with E-state index in [2.05, 4.69) is 5.32 Å². The van der Waals surface area contributed by atoms with Gasteiger partial charge in [0.1, 0.15) is 0 Å². The van der Waals surface area contributed by atoms with Crippen LogP contribution in [-0.4, -0.2) is 24.1 Å². The summed E-state index contributed by atoms with van der Waals surface area (Å²) in [5.74, 6) is -0.519. The topological polar surface area (TPSA) is 60.3 Å². The van der Waals surface area contributed by atoms with Gasteiger partial charge in [-0.25, -0.2) is 4.79 Å². The lowest BCUT2D eigenvalue weighted by Gasteiger charge is -2.04. The third kappa shape index (κ3) is 1.82. The molecular formula is C12H11ClN2O3. The van der Waals surface area contributed by atoms with Gasteiger partial charge in [0.25, 0.3) is 0 Å². The summed E-state index contributed by atoms with van der Waals surface area (Å²) in [6.07, 6.45) is 0.516. The van der Waals surface area contributed by atoms with Gasteiger partial charge in [-0.15, -0.1) is 0 Å². The number of amides is 1. The molecule has 0 aliphatic carbocycles. The van der Waals surface area contributed by atoms with Crippen LogP contribution in [0.1, 0.15) is 10.5 Å². The molecule has 0 unspecified atom stereocenters. The zero-order chi connectivity index (χ0) is 13.3. The number of methoxy groups -OCH3 is 1. The van der Waals surface area contributed by atoms with Crippen molar-refractivity contribution in [2.75, 3.05) is 12.4 Å². The van der Waals surface area contributed by atoms with E-state index in [0.717, 1.165) is 5.52 Å². The minimum absolute atomic E-state index is 0.280. The van der Waals surface area contributed by atoms with Crippen LogP contribution in [0.2, 0.25) is 5.02 Å². The largest absolute Gasteiger partial charge is 0.464 e. The van der Waals surface area contributed by atoms with Crippen LogP contribution in [0.25, 0.3) is 10.9 Å². The van der Waals surface area contributed by atoms with Crippen molar-refractivity contribution >= 4 is 40.6 Å². The summed E-state index contributed by atoms with van der Waals surface area (Å²) in [4.78, 5) is 22.4. The standard InChI is InChI=1S/C12H11ClN2O3/c1-15-9-4-3-7(13)5-8(9)10(14-6-16)11(15)12(17)18-2/h3-6H,1-2H3,(H,14,16). The number of nitrogens with zero attached hydrogens (tertiary/aromatic N) is 1. The van der Waals surface area contributed by atoms with Crippen molar-refractivity contribution in [2.24, 2.45) is 7.05 Å². The molecule has 1 N–H and O–H groups in total. The molecule has 0 radical (unpaired) electrons. The lowest BCUT2D eigenvalue weighted by atomic mass is 10.2. The Balaban J connectivity index is 2.82. The number of hydrogen-bond acceptors (Lipinski definition) is 3. The van der Waals surface area contributed by atoms with Crippen molar-refractivity contribution in [3.63, 3.8) is 0 Å². The summed E-state index contributed by atoms with van der Waals surface area (Å²) in [7, 11) is 3.01. The normalized spacial score (nSPS) is 10.4. The maximum Gasteiger partial charge on any atom is 0.356 e. The van der Waals surface area contributed by atoms with Gasteiger partial charge < -0.3 is 14.6 Å². The molecule has 0 saturated heterocycles. The fourth-order valence-electron chi connectivity index (χ4n) is 1.96. The lowest BCUT2D eigenvalue weighted by Crippen LogP contribution is -2.10. The number of carbonyl (C=O) groups is 2. The summed E-state index contributed by atoms with van der Waals surface area (Å²) in [5.41, 5.74) is 1.46. The molecule has 0 saturated carbocycles. The molecule has 0 bridgehead atoms. The van der Waals surface area contributed by atoms with Crippen LogP contribution in [0.4, 0.5) is 5.69 Å². The minimum atomic E-state index is -0.519. The Morgan fingerprint density at radius 1 is 1.50 bits per heavy atom. The van der Waals surface area contributed by atoms with Crippen LogP contribution >= 0.6 is 11.6 Å². The Kier molecular flexibility index (Phi) is 3.25. The van der Waals surface area contributed by atoms with Gasteiger partial charge in [0, 0.05) is 17.5 Å². The van der Waals surface area contributed by atoms with Crippen molar-refractivity contribution in [1.29, 1.82) is 0 Å². The first-order valence-corrected chi connectivity index (χ1v) is 5.54. The van der Waals surface area contributed by atoms with Gasteiger partial charge >= 0.3 is 5.97 Å². The SMILES string of the molecule is COC(=O)c1c(NC=O)c2cc(Cl)ccc2n1C. The van der Waals surface area contributed by atoms with Gasteiger partial charge in [-0.05, 0) is 18.2 Å². The number of aryl methyl sites for hydroxylation is 1. The highest BCUT2D eigenvalue weighted by Gasteiger charge is 2.21. The molecule has 1 aromatic heterocycles. The fraction of sp³-hybridized carbons (Fsp3) is 0.167. The maximum absolute atomic E-state index is 11.8. The third-order valence-corrected chi connectivity index (χ3v) is 2.98. The monoisotopic (exact) mass is 266 g/mol. The molecule has 18 heavy (non-hydrogen) atoms. The highest BCUT2D eigenvalue weighted by molar-refractivity contribution is 6.31. The Morgan fingerprint density at radius 3 is 2.83 bits per heavy atom. The molecule has 2 rings (SSSR count). The first-order valence-electron chi connectivity index (χ1n) is 5.16. The Morgan fingerprint density at radius 2 is 2.22 bits per heavy atom. The Labute approximate surface area is 108 Å². The molecule has 5 nitrogen and oxygen atoms in total. The minimum Gasteiger partial charge on any atom is -0.464 e. The second kappa shape index (κ2) is 4.70. The highest BCUT2D eigenvalue weighted by atomic mass is 35.5. The summed E-state index contributed by atoms with van der Waals surface area (Å²) in [5, 5.41) is 3.74. The van der Waals surface area contributed by atoms with Crippen LogP contribution in [0, 0.1) is 0 Å². The molecule has 1 amide bonds. The number of hydrogen-bond donors (Lipinski definition) is 1. The smallest absolute Gasteiger partial charge is 0.356 e. The van der Waals surface area contributed by atoms with Gasteiger partial charge in [0.2, 0.25) is 6.41 Å². The quantitative estimate of drug-likeness (QED) is 0.684. The van der Waals surface area contributed by atoms with Crippen molar-refractivity contribution in [2.45, 2.75) is 0 Å². The number of rotatable bonds is 3. The first kappa shape index (κ1) is 12.4. The van der Waals surface area contributed by atoms with E-state index in [1.807, 2.05) is 0 Å². The number of anilines is 1. The molecule has 0 fully saturated rings. The average Bonchev–Trinajstić information content (AvgIpc) is 2.62. The van der Waals surface area contributed by atoms with Gasteiger partial charge in [0.05, 0.1) is 18.3 Å². The molecule has 0 atom stereocenters. The molecular weight excluding hydrogens is 256 g/mol. The zero-order valence-electron chi connectivity index (χ0n) is 9.86. The van der Waals surface area contributed by atoms with Crippen molar-refractivity contribution in [1.82, 2.24) is 4.57 Å². The van der Waals surface area contributed by atoms with Crippen LogP contribution in [-0.2, 0) is 16.6 Å². The van der Waals surface area contributed by atoms with E-state index in [1.165, 1.54) is 7.11 Å². The molecule has 1 aromatic carbocycles. The lowest BCUT2D eigenvalue weighted by molar-refractivity contribution is -0.105. The van der Waals surface area contributed by atoms with Crippen molar-refractivity contribution in [3.05, 3.63) is 28.9 Å². The van der Waals surface area contributed by atoms with Crippen LogP contribution in [0.15, 0.2) is 18.2 Å². The Hall–Kier alpha value is -2.01. The molecule has 6 heteroatoms. The first-order chi connectivity index (χ1) is 8.60. The summed E-state index contributed by atoms with van der Waals surface area (Å²) < 4.78 is 6.37. The number of halogens is 1. The highest BCUT2D eigenvalue weighted by Crippen LogP contribution is 2.32. The Bertz CT molecular complexity index is 634. The second-order valence-electron chi connectivity index (χ2n) is 3.70. The predicted octanol–water partition coefficient (Wildman–Crippen LogP) is 2.19. The number of fused-ring (bicyclic) bond motifs is 1. The summed E-state index contributed by atoms with van der Waals surface area (Å²) in [6.45, 7) is 0. The summed E-state index contributed by atoms with van der Waals surface area (Å²) in [6, 6.07) is 5.19. The van der Waals surface area contributed by atoms with Crippen LogP contribution in [0.3, 0.4) is 0 Å². The van der Waals surface area contributed by atoms with Crippen LogP contribution < -0.4 is 5.32 Å². The predicted molar refractivity (Wildman–Crippen MR) is 69.0 cm³/mol. The van der Waals surface area contributed by atoms with Gasteiger partial charge in [-0.1, -0.05) is 11.6 Å². The van der Waals surface area contributed by atoms with E-state index < -0.39 is 5.97 Å². The van der Waals surface area contributed by atoms with E-state index in [4.69, 9.17) is 16.3 Å². The van der Waals surface area contributed by atoms with Gasteiger partial charge in [-0.2, -0.15) is 0 Å². The second-order valence-corrected chi connectivity index (χ2v) is 4.13. The van der Waals surface area contributed by atoms with E-state index in [9.17, 15) is 9.59 Å². The molecule has 2 aromatic rings. The van der Waals surface area contributed by atoms with Gasteiger partial charge in [-0.3, -0.25) is 4.79 Å². The molecule has 1 heterocycles. The fourth-order valence-corrected chi connectivity index (χ4v) is 2.13. The molecule has 0 aliphatic rings. The third-order valence-electron chi connectivity index (χ3n) is 2.74. The average molecular weight is 267 g/mol. The van der Waals surface area contributed by atoms with E-state index in [1.54, 1.807) is 29.8 Å². The van der Waals surface area contributed by atoms with E-state index in [-0.39, 0.29) is 5.69 Å². The van der Waals surface area contributed by atoms with Crippen LogP contribution in [0.5, 0.6) is 0 Å². The number of aromatic nitrogens is 1. The number of benzene rings is 1. The molecule has 94 valence electrons. The molecule has 0 spiro atoms.